The number of carbonyl (C=O) groups excluding carboxylic acids is 4. The standard InChI is InChI=1S/C22H39N11O6/c23-6-2-1-4-14(31-18(35)13(24)9-17(25)34)19(36)33-16(8-12-10-28-11-30-12)20(37)32-15(21(38)39)5-3-7-29-22(26)27/h10-11,13-16H,1-9,23-24H2,(H2,25,34)(H,28,30)(H,31,35)(H,32,37)(H,33,36)(H,38,39)(H4,26,27,29). The van der Waals surface area contributed by atoms with E-state index >= 15 is 0 Å². The number of guanidine groups is 1. The van der Waals surface area contributed by atoms with Crippen molar-refractivity contribution >= 4 is 35.6 Å². The number of hydrogen-bond acceptors (Lipinski definition) is 9. The van der Waals surface area contributed by atoms with Crippen LogP contribution in [0.2, 0.25) is 0 Å². The number of aromatic amines is 1. The van der Waals surface area contributed by atoms with E-state index in [2.05, 4.69) is 30.9 Å². The van der Waals surface area contributed by atoms with Gasteiger partial charge in [-0.05, 0) is 38.6 Å². The van der Waals surface area contributed by atoms with E-state index in [4.69, 9.17) is 28.7 Å². The molecule has 17 nitrogen and oxygen atoms in total. The highest BCUT2D eigenvalue weighted by Gasteiger charge is 2.30. The van der Waals surface area contributed by atoms with Crippen molar-refractivity contribution in [1.82, 2.24) is 25.9 Å². The van der Waals surface area contributed by atoms with Crippen LogP contribution in [0.25, 0.3) is 0 Å². The fourth-order valence-electron chi connectivity index (χ4n) is 3.48. The van der Waals surface area contributed by atoms with Gasteiger partial charge in [-0.15, -0.1) is 0 Å². The molecule has 0 aromatic carbocycles. The molecule has 4 amide bonds. The second kappa shape index (κ2) is 17.3. The summed E-state index contributed by atoms with van der Waals surface area (Å²) in [6, 6.07) is -4.90. The molecule has 0 aliphatic carbocycles. The van der Waals surface area contributed by atoms with E-state index in [1.165, 1.54) is 12.5 Å². The van der Waals surface area contributed by atoms with Crippen molar-refractivity contribution in [2.45, 2.75) is 69.1 Å². The van der Waals surface area contributed by atoms with Gasteiger partial charge in [0.15, 0.2) is 5.96 Å². The smallest absolute Gasteiger partial charge is 0.326 e. The molecule has 39 heavy (non-hydrogen) atoms. The molecular weight excluding hydrogens is 514 g/mol. The van der Waals surface area contributed by atoms with E-state index in [9.17, 15) is 29.1 Å². The average molecular weight is 554 g/mol. The largest absolute Gasteiger partial charge is 0.480 e. The summed E-state index contributed by atoms with van der Waals surface area (Å²) in [5.74, 6) is -4.48. The molecule has 4 unspecified atom stereocenters. The zero-order valence-corrected chi connectivity index (χ0v) is 21.6. The van der Waals surface area contributed by atoms with Crippen LogP contribution in [0.1, 0.15) is 44.2 Å². The number of nitrogens with one attached hydrogen (secondary N) is 4. The SMILES string of the molecule is NCCCCC(NC(=O)C(N)CC(N)=O)C(=O)NC(Cc1cnc[nH]1)C(=O)NC(CCCN=C(N)N)C(=O)O. The Morgan fingerprint density at radius 1 is 0.923 bits per heavy atom. The maximum absolute atomic E-state index is 13.2. The number of nitrogens with zero attached hydrogens (tertiary/aromatic N) is 2. The summed E-state index contributed by atoms with van der Waals surface area (Å²) in [5, 5.41) is 17.0. The van der Waals surface area contributed by atoms with Gasteiger partial charge in [0, 0.05) is 24.9 Å². The molecule has 1 heterocycles. The normalized spacial score (nSPS) is 13.8. The van der Waals surface area contributed by atoms with Crippen LogP contribution in [0.4, 0.5) is 0 Å². The summed E-state index contributed by atoms with van der Waals surface area (Å²) in [6.45, 7) is 0.520. The van der Waals surface area contributed by atoms with E-state index in [-0.39, 0.29) is 38.2 Å². The molecule has 0 bridgehead atoms. The van der Waals surface area contributed by atoms with Gasteiger partial charge in [-0.2, -0.15) is 0 Å². The molecule has 1 aromatic heterocycles. The van der Waals surface area contributed by atoms with Crippen molar-refractivity contribution in [1.29, 1.82) is 0 Å². The summed E-state index contributed by atoms with van der Waals surface area (Å²) in [7, 11) is 0. The summed E-state index contributed by atoms with van der Waals surface area (Å²) in [4.78, 5) is 72.1. The minimum Gasteiger partial charge on any atom is -0.480 e. The molecule has 0 saturated heterocycles. The number of hydrogen-bond donors (Lipinski definition) is 10. The summed E-state index contributed by atoms with van der Waals surface area (Å²) < 4.78 is 0. The van der Waals surface area contributed by atoms with Crippen LogP contribution in [-0.4, -0.2) is 87.9 Å². The predicted octanol–water partition coefficient (Wildman–Crippen LogP) is -4.12. The predicted molar refractivity (Wildman–Crippen MR) is 140 cm³/mol. The molecule has 0 aliphatic heterocycles. The van der Waals surface area contributed by atoms with Crippen LogP contribution >= 0.6 is 0 Å². The molecule has 4 atom stereocenters. The second-order valence-corrected chi connectivity index (χ2v) is 8.81. The van der Waals surface area contributed by atoms with Crippen molar-refractivity contribution in [2.24, 2.45) is 33.7 Å². The molecule has 0 spiro atoms. The monoisotopic (exact) mass is 553 g/mol. The number of carboxylic acids is 1. The first-order valence-electron chi connectivity index (χ1n) is 12.3. The Bertz CT molecular complexity index is 981. The third-order valence-corrected chi connectivity index (χ3v) is 5.51. The van der Waals surface area contributed by atoms with Crippen molar-refractivity contribution in [3.63, 3.8) is 0 Å². The van der Waals surface area contributed by atoms with E-state index in [1.807, 2.05) is 0 Å². The summed E-state index contributed by atoms with van der Waals surface area (Å²) >= 11 is 0. The Balaban J connectivity index is 3.04. The van der Waals surface area contributed by atoms with Gasteiger partial charge < -0.3 is 54.7 Å². The third kappa shape index (κ3) is 13.2. The number of carboxylic acid groups (broad SMARTS) is 1. The molecule has 0 radical (unpaired) electrons. The van der Waals surface area contributed by atoms with E-state index in [0.717, 1.165) is 0 Å². The summed E-state index contributed by atoms with van der Waals surface area (Å²) in [6.07, 6.45) is 3.84. The van der Waals surface area contributed by atoms with Gasteiger partial charge in [-0.3, -0.25) is 24.2 Å². The van der Waals surface area contributed by atoms with Crippen LogP contribution in [-0.2, 0) is 30.4 Å². The van der Waals surface area contributed by atoms with E-state index < -0.39 is 60.2 Å². The lowest BCUT2D eigenvalue weighted by Gasteiger charge is -2.25. The molecule has 17 heteroatoms. The fraction of sp³-hybridized carbons (Fsp3) is 0.591. The highest BCUT2D eigenvalue weighted by atomic mass is 16.4. The Labute approximate surface area is 225 Å². The Morgan fingerprint density at radius 2 is 1.54 bits per heavy atom. The van der Waals surface area contributed by atoms with Crippen LogP contribution in [0.15, 0.2) is 17.5 Å². The third-order valence-electron chi connectivity index (χ3n) is 5.51. The Morgan fingerprint density at radius 3 is 2.10 bits per heavy atom. The van der Waals surface area contributed by atoms with Crippen molar-refractivity contribution in [2.75, 3.05) is 13.1 Å². The van der Waals surface area contributed by atoms with Gasteiger partial charge in [-0.1, -0.05) is 0 Å². The van der Waals surface area contributed by atoms with Crippen molar-refractivity contribution < 1.29 is 29.1 Å². The number of H-pyrrole nitrogens is 1. The molecule has 15 N–H and O–H groups in total. The van der Waals surface area contributed by atoms with Crippen LogP contribution in [0, 0.1) is 0 Å². The molecule has 0 fully saturated rings. The van der Waals surface area contributed by atoms with Crippen molar-refractivity contribution in [3.05, 3.63) is 18.2 Å². The maximum atomic E-state index is 13.2. The number of imidazole rings is 1. The number of aliphatic imine (C=N–C) groups is 1. The van der Waals surface area contributed by atoms with Gasteiger partial charge in [-0.25, -0.2) is 9.78 Å². The number of carbonyl (C=O) groups is 5. The molecule has 1 aromatic rings. The number of aliphatic carboxylic acids is 1. The van der Waals surface area contributed by atoms with Gasteiger partial charge in [0.05, 0.1) is 18.8 Å². The zero-order valence-electron chi connectivity index (χ0n) is 21.6. The topological polar surface area (TPSA) is 313 Å². The number of aromatic nitrogens is 2. The molecule has 1 rings (SSSR count). The van der Waals surface area contributed by atoms with Crippen LogP contribution < -0.4 is 44.6 Å². The minimum absolute atomic E-state index is 0.0259. The average Bonchev–Trinajstić information content (AvgIpc) is 3.37. The van der Waals surface area contributed by atoms with Gasteiger partial charge in [0.2, 0.25) is 23.6 Å². The minimum atomic E-state index is -1.28. The molecule has 218 valence electrons. The maximum Gasteiger partial charge on any atom is 0.326 e. The number of nitrogens with two attached hydrogens (primary N) is 5. The summed E-state index contributed by atoms with van der Waals surface area (Å²) in [5.41, 5.74) is 27.3. The fourth-order valence-corrected chi connectivity index (χ4v) is 3.48. The van der Waals surface area contributed by atoms with Gasteiger partial charge in [0.1, 0.15) is 18.1 Å². The lowest BCUT2D eigenvalue weighted by Crippen LogP contribution is -2.57. The number of rotatable bonds is 19. The Kier molecular flexibility index (Phi) is 14.5. The first kappa shape index (κ1) is 32.8. The molecular formula is C22H39N11O6. The second-order valence-electron chi connectivity index (χ2n) is 8.81. The number of primary amides is 1. The lowest BCUT2D eigenvalue weighted by atomic mass is 10.0. The van der Waals surface area contributed by atoms with E-state index in [0.29, 0.717) is 25.1 Å². The Hall–Kier alpha value is -4.25. The lowest BCUT2D eigenvalue weighted by molar-refractivity contribution is -0.142. The van der Waals surface area contributed by atoms with Gasteiger partial charge >= 0.3 is 5.97 Å². The highest BCUT2D eigenvalue weighted by Crippen LogP contribution is 2.07. The first-order valence-corrected chi connectivity index (χ1v) is 12.3. The van der Waals surface area contributed by atoms with E-state index in [1.54, 1.807) is 0 Å². The van der Waals surface area contributed by atoms with Crippen LogP contribution in [0.5, 0.6) is 0 Å². The first-order chi connectivity index (χ1) is 18.4. The highest BCUT2D eigenvalue weighted by molar-refractivity contribution is 5.95. The zero-order chi connectivity index (χ0) is 29.4. The van der Waals surface area contributed by atoms with Gasteiger partial charge in [0.25, 0.3) is 0 Å². The number of unbranched alkanes of at least 4 members (excludes halogenated alkanes) is 1. The van der Waals surface area contributed by atoms with Crippen LogP contribution in [0.3, 0.4) is 0 Å². The quantitative estimate of drug-likeness (QED) is 0.0445. The van der Waals surface area contributed by atoms with Crippen molar-refractivity contribution in [3.8, 4) is 0 Å². The number of amides is 4. The molecule has 0 saturated carbocycles. The molecule has 0 aliphatic rings.